The summed E-state index contributed by atoms with van der Waals surface area (Å²) < 4.78 is 5.29. The predicted molar refractivity (Wildman–Crippen MR) is 64.2 cm³/mol. The Morgan fingerprint density at radius 1 is 1.38 bits per heavy atom. The average molecular weight is 218 g/mol. The number of ether oxygens (including phenoxy) is 1. The van der Waals surface area contributed by atoms with Gasteiger partial charge in [-0.3, -0.25) is 0 Å². The van der Waals surface area contributed by atoms with Crippen molar-refractivity contribution < 1.29 is 4.74 Å². The van der Waals surface area contributed by atoms with Crippen molar-refractivity contribution in [1.82, 2.24) is 5.32 Å². The van der Waals surface area contributed by atoms with E-state index >= 15 is 0 Å². The van der Waals surface area contributed by atoms with Gasteiger partial charge in [0.1, 0.15) is 5.75 Å². The Hall–Kier alpha value is -1.53. The lowest BCUT2D eigenvalue weighted by atomic mass is 10.1. The number of methoxy groups -OCH3 is 1. The third-order valence-electron chi connectivity index (χ3n) is 2.56. The van der Waals surface area contributed by atoms with E-state index in [0.717, 1.165) is 11.3 Å². The van der Waals surface area contributed by atoms with Gasteiger partial charge in [0.15, 0.2) is 0 Å². The molecule has 1 rings (SSSR count). The molecule has 3 nitrogen and oxygen atoms in total. The van der Waals surface area contributed by atoms with Gasteiger partial charge in [-0.25, -0.2) is 0 Å². The molecule has 0 saturated heterocycles. The van der Waals surface area contributed by atoms with E-state index in [-0.39, 0.29) is 12.0 Å². The van der Waals surface area contributed by atoms with Crippen LogP contribution in [-0.4, -0.2) is 13.7 Å². The van der Waals surface area contributed by atoms with Crippen LogP contribution in [0.3, 0.4) is 0 Å². The second kappa shape index (κ2) is 6.14. The van der Waals surface area contributed by atoms with Crippen molar-refractivity contribution >= 4 is 0 Å². The zero-order chi connectivity index (χ0) is 12.0. The van der Waals surface area contributed by atoms with Gasteiger partial charge in [0.25, 0.3) is 0 Å². The van der Waals surface area contributed by atoms with Crippen LogP contribution in [0.2, 0.25) is 0 Å². The topological polar surface area (TPSA) is 45.0 Å². The highest BCUT2D eigenvalue weighted by Gasteiger charge is 2.10. The molecule has 0 spiro atoms. The SMILES string of the molecule is COc1ccccc1[C@H](C)NCC(C)C#N. The lowest BCUT2D eigenvalue weighted by molar-refractivity contribution is 0.400. The molecule has 16 heavy (non-hydrogen) atoms. The van der Waals surface area contributed by atoms with Gasteiger partial charge in [-0.05, 0) is 19.9 Å². The summed E-state index contributed by atoms with van der Waals surface area (Å²) in [6, 6.07) is 10.3. The zero-order valence-corrected chi connectivity index (χ0v) is 10.0. The molecule has 0 aromatic heterocycles. The number of nitrogens with one attached hydrogen (secondary N) is 1. The number of para-hydroxylation sites is 1. The normalized spacial score (nSPS) is 13.9. The molecule has 0 fully saturated rings. The fourth-order valence-electron chi connectivity index (χ4n) is 1.53. The Kier molecular flexibility index (Phi) is 4.81. The first-order chi connectivity index (χ1) is 7.69. The molecule has 86 valence electrons. The third-order valence-corrected chi connectivity index (χ3v) is 2.56. The van der Waals surface area contributed by atoms with Crippen LogP contribution in [-0.2, 0) is 0 Å². The maximum Gasteiger partial charge on any atom is 0.123 e. The molecule has 3 heteroatoms. The van der Waals surface area contributed by atoms with E-state index in [1.54, 1.807) is 7.11 Å². The van der Waals surface area contributed by atoms with E-state index in [1.165, 1.54) is 0 Å². The van der Waals surface area contributed by atoms with Crippen molar-refractivity contribution in [2.45, 2.75) is 19.9 Å². The molecule has 0 saturated carbocycles. The van der Waals surface area contributed by atoms with Crippen molar-refractivity contribution in [1.29, 1.82) is 5.26 Å². The van der Waals surface area contributed by atoms with Crippen molar-refractivity contribution in [3.8, 4) is 11.8 Å². The average Bonchev–Trinajstić information content (AvgIpc) is 2.35. The molecule has 1 N–H and O–H groups in total. The zero-order valence-electron chi connectivity index (χ0n) is 10.0. The summed E-state index contributed by atoms with van der Waals surface area (Å²) in [6.07, 6.45) is 0. The lowest BCUT2D eigenvalue weighted by Crippen LogP contribution is -2.24. The maximum atomic E-state index is 8.70. The highest BCUT2D eigenvalue weighted by molar-refractivity contribution is 5.35. The minimum Gasteiger partial charge on any atom is -0.496 e. The van der Waals surface area contributed by atoms with Gasteiger partial charge in [-0.15, -0.1) is 0 Å². The lowest BCUT2D eigenvalue weighted by Gasteiger charge is -2.17. The van der Waals surface area contributed by atoms with Crippen molar-refractivity contribution in [3.63, 3.8) is 0 Å². The molecular weight excluding hydrogens is 200 g/mol. The molecule has 0 aliphatic rings. The first-order valence-electron chi connectivity index (χ1n) is 5.45. The molecule has 1 aromatic carbocycles. The standard InChI is InChI=1S/C13H18N2O/c1-10(8-14)9-15-11(2)12-6-4-5-7-13(12)16-3/h4-7,10-11,15H,9H2,1-3H3/t10?,11-/m0/s1. The van der Waals surface area contributed by atoms with Crippen LogP contribution in [0.4, 0.5) is 0 Å². The molecule has 0 aliphatic heterocycles. The van der Waals surface area contributed by atoms with E-state index in [9.17, 15) is 0 Å². The van der Waals surface area contributed by atoms with E-state index in [0.29, 0.717) is 6.54 Å². The predicted octanol–water partition coefficient (Wildman–Crippen LogP) is 2.51. The van der Waals surface area contributed by atoms with Crippen molar-refractivity contribution in [3.05, 3.63) is 29.8 Å². The summed E-state index contributed by atoms with van der Waals surface area (Å²) in [5.41, 5.74) is 1.12. The number of nitriles is 1. The van der Waals surface area contributed by atoms with Gasteiger partial charge in [0, 0.05) is 18.2 Å². The Balaban J connectivity index is 2.66. The van der Waals surface area contributed by atoms with Crippen molar-refractivity contribution in [2.75, 3.05) is 13.7 Å². The summed E-state index contributed by atoms with van der Waals surface area (Å²) in [6.45, 7) is 4.67. The summed E-state index contributed by atoms with van der Waals surface area (Å²) in [5, 5.41) is 12.0. The molecule has 0 aliphatic carbocycles. The quantitative estimate of drug-likeness (QED) is 0.826. The fraction of sp³-hybridized carbons (Fsp3) is 0.462. The van der Waals surface area contributed by atoms with E-state index in [4.69, 9.17) is 10.00 Å². The molecule has 0 heterocycles. The number of benzene rings is 1. The van der Waals surface area contributed by atoms with Gasteiger partial charge in [-0.2, -0.15) is 5.26 Å². The van der Waals surface area contributed by atoms with Crippen LogP contribution in [0.5, 0.6) is 5.75 Å². The van der Waals surface area contributed by atoms with Crippen LogP contribution in [0.1, 0.15) is 25.5 Å². The highest BCUT2D eigenvalue weighted by atomic mass is 16.5. The summed E-state index contributed by atoms with van der Waals surface area (Å²) in [7, 11) is 1.67. The van der Waals surface area contributed by atoms with Crippen LogP contribution in [0.15, 0.2) is 24.3 Å². The Morgan fingerprint density at radius 2 is 2.06 bits per heavy atom. The monoisotopic (exact) mass is 218 g/mol. The van der Waals surface area contributed by atoms with E-state index in [2.05, 4.69) is 18.3 Å². The summed E-state index contributed by atoms with van der Waals surface area (Å²) >= 11 is 0. The number of nitrogens with zero attached hydrogens (tertiary/aromatic N) is 1. The highest BCUT2D eigenvalue weighted by Crippen LogP contribution is 2.24. The van der Waals surface area contributed by atoms with Crippen LogP contribution < -0.4 is 10.1 Å². The second-order valence-corrected chi connectivity index (χ2v) is 3.90. The van der Waals surface area contributed by atoms with Gasteiger partial charge in [0.05, 0.1) is 19.1 Å². The first kappa shape index (κ1) is 12.5. The van der Waals surface area contributed by atoms with Crippen LogP contribution in [0, 0.1) is 17.2 Å². The van der Waals surface area contributed by atoms with E-state index in [1.807, 2.05) is 31.2 Å². The molecule has 0 radical (unpaired) electrons. The molecule has 0 amide bonds. The second-order valence-electron chi connectivity index (χ2n) is 3.90. The molecule has 1 unspecified atom stereocenters. The minimum absolute atomic E-state index is 0.0251. The van der Waals surface area contributed by atoms with Gasteiger partial charge in [-0.1, -0.05) is 18.2 Å². The van der Waals surface area contributed by atoms with E-state index < -0.39 is 0 Å². The molecule has 1 aromatic rings. The minimum atomic E-state index is 0.0251. The van der Waals surface area contributed by atoms with Crippen LogP contribution >= 0.6 is 0 Å². The van der Waals surface area contributed by atoms with Gasteiger partial charge >= 0.3 is 0 Å². The van der Waals surface area contributed by atoms with Gasteiger partial charge in [0.2, 0.25) is 0 Å². The molecule has 0 bridgehead atoms. The molecular formula is C13H18N2O. The Labute approximate surface area is 97.0 Å². The largest absolute Gasteiger partial charge is 0.496 e. The number of hydrogen-bond acceptors (Lipinski definition) is 3. The fourth-order valence-corrected chi connectivity index (χ4v) is 1.53. The number of rotatable bonds is 5. The van der Waals surface area contributed by atoms with Crippen molar-refractivity contribution in [2.24, 2.45) is 5.92 Å². The first-order valence-corrected chi connectivity index (χ1v) is 5.45. The summed E-state index contributed by atoms with van der Waals surface area (Å²) in [5.74, 6) is 0.907. The summed E-state index contributed by atoms with van der Waals surface area (Å²) in [4.78, 5) is 0. The third kappa shape index (κ3) is 3.25. The Bertz CT molecular complexity index is 370. The van der Waals surface area contributed by atoms with Gasteiger partial charge < -0.3 is 10.1 Å². The molecule has 2 atom stereocenters. The number of hydrogen-bond donors (Lipinski definition) is 1. The smallest absolute Gasteiger partial charge is 0.123 e. The Morgan fingerprint density at radius 3 is 2.69 bits per heavy atom. The van der Waals surface area contributed by atoms with Crippen LogP contribution in [0.25, 0.3) is 0 Å². The maximum absolute atomic E-state index is 8.70.